The predicted molar refractivity (Wildman–Crippen MR) is 63.1 cm³/mol. The van der Waals surface area contributed by atoms with Crippen LogP contribution < -0.4 is 4.90 Å². The largest absolute Gasteiger partial charge is 0.356 e. The van der Waals surface area contributed by atoms with Gasteiger partial charge in [-0.3, -0.25) is 0 Å². The van der Waals surface area contributed by atoms with E-state index in [1.165, 1.54) is 5.39 Å². The number of benzene rings is 1. The molecule has 0 aliphatic carbocycles. The monoisotopic (exact) mass is 198 g/mol. The number of aromatic nitrogens is 1. The molecule has 2 nitrogen and oxygen atoms in total. The molecule has 1 aromatic carbocycles. The van der Waals surface area contributed by atoms with Gasteiger partial charge in [0.25, 0.3) is 0 Å². The van der Waals surface area contributed by atoms with Crippen molar-refractivity contribution in [2.75, 3.05) is 18.0 Å². The van der Waals surface area contributed by atoms with Gasteiger partial charge in [-0.2, -0.15) is 0 Å². The van der Waals surface area contributed by atoms with Crippen LogP contribution in [0, 0.1) is 5.92 Å². The van der Waals surface area contributed by atoms with E-state index < -0.39 is 0 Å². The molecule has 0 N–H and O–H groups in total. The van der Waals surface area contributed by atoms with E-state index in [-0.39, 0.29) is 0 Å². The lowest BCUT2D eigenvalue weighted by molar-refractivity contribution is 0.444. The van der Waals surface area contributed by atoms with Gasteiger partial charge < -0.3 is 4.90 Å². The lowest BCUT2D eigenvalue weighted by atomic mass is 10.0. The van der Waals surface area contributed by atoms with E-state index >= 15 is 0 Å². The quantitative estimate of drug-likeness (QED) is 0.700. The first-order chi connectivity index (χ1) is 7.33. The highest BCUT2D eigenvalue weighted by atomic mass is 15.2. The first kappa shape index (κ1) is 8.72. The van der Waals surface area contributed by atoms with Gasteiger partial charge in [0, 0.05) is 18.5 Å². The third-order valence-electron chi connectivity index (χ3n) is 2.97. The molecule has 2 aromatic rings. The zero-order valence-electron chi connectivity index (χ0n) is 8.85. The molecule has 3 rings (SSSR count). The summed E-state index contributed by atoms with van der Waals surface area (Å²) < 4.78 is 0. The molecule has 15 heavy (non-hydrogen) atoms. The van der Waals surface area contributed by atoms with E-state index in [2.05, 4.69) is 47.1 Å². The smallest absolute Gasteiger partial charge is 0.129 e. The fraction of sp³-hybridized carbons (Fsp3) is 0.308. The van der Waals surface area contributed by atoms with Crippen molar-refractivity contribution in [1.82, 2.24) is 4.98 Å². The maximum Gasteiger partial charge on any atom is 0.129 e. The van der Waals surface area contributed by atoms with Gasteiger partial charge in [0.1, 0.15) is 5.82 Å². The molecule has 76 valence electrons. The molecule has 0 saturated carbocycles. The topological polar surface area (TPSA) is 16.1 Å². The molecule has 0 atom stereocenters. The minimum Gasteiger partial charge on any atom is -0.356 e. The van der Waals surface area contributed by atoms with Crippen molar-refractivity contribution in [3.63, 3.8) is 0 Å². The van der Waals surface area contributed by atoms with Crippen molar-refractivity contribution in [2.24, 2.45) is 5.92 Å². The highest BCUT2D eigenvalue weighted by Gasteiger charge is 2.23. The van der Waals surface area contributed by atoms with Crippen LogP contribution in [-0.2, 0) is 0 Å². The van der Waals surface area contributed by atoms with E-state index in [0.29, 0.717) is 0 Å². The van der Waals surface area contributed by atoms with Crippen molar-refractivity contribution < 1.29 is 0 Å². The van der Waals surface area contributed by atoms with Crippen LogP contribution in [0.2, 0.25) is 0 Å². The van der Waals surface area contributed by atoms with Crippen molar-refractivity contribution >= 4 is 16.7 Å². The van der Waals surface area contributed by atoms with Crippen molar-refractivity contribution in [3.05, 3.63) is 36.4 Å². The SMILES string of the molecule is CC1CN(c2ccc3ccccc3n2)C1. The number of pyridine rings is 1. The number of rotatable bonds is 1. The molecule has 0 amide bonds. The first-order valence-electron chi connectivity index (χ1n) is 5.44. The van der Waals surface area contributed by atoms with Gasteiger partial charge in [0.05, 0.1) is 5.52 Å². The van der Waals surface area contributed by atoms with Crippen LogP contribution in [0.25, 0.3) is 10.9 Å². The van der Waals surface area contributed by atoms with E-state index in [1.54, 1.807) is 0 Å². The van der Waals surface area contributed by atoms with Crippen LogP contribution in [0.3, 0.4) is 0 Å². The standard InChI is InChI=1S/C13H14N2/c1-10-8-15(9-10)13-7-6-11-4-2-3-5-12(11)14-13/h2-7,10H,8-9H2,1H3. The molecule has 0 bridgehead atoms. The number of para-hydroxylation sites is 1. The summed E-state index contributed by atoms with van der Waals surface area (Å²) in [6.07, 6.45) is 0. The Bertz CT molecular complexity index is 487. The number of fused-ring (bicyclic) bond motifs is 1. The molecule has 0 spiro atoms. The molecular weight excluding hydrogens is 184 g/mol. The molecule has 0 radical (unpaired) electrons. The minimum absolute atomic E-state index is 0.818. The Kier molecular flexibility index (Phi) is 1.88. The van der Waals surface area contributed by atoms with Crippen molar-refractivity contribution in [1.29, 1.82) is 0 Å². The third kappa shape index (κ3) is 1.46. The van der Waals surface area contributed by atoms with E-state index in [4.69, 9.17) is 0 Å². The lowest BCUT2D eigenvalue weighted by Gasteiger charge is -2.38. The molecular formula is C13H14N2. The summed E-state index contributed by atoms with van der Waals surface area (Å²) in [5, 5.41) is 1.22. The van der Waals surface area contributed by atoms with Gasteiger partial charge in [0.15, 0.2) is 0 Å². The van der Waals surface area contributed by atoms with Crippen LogP contribution in [0.5, 0.6) is 0 Å². The second-order valence-corrected chi connectivity index (χ2v) is 4.37. The van der Waals surface area contributed by atoms with E-state index in [0.717, 1.165) is 30.3 Å². The lowest BCUT2D eigenvalue weighted by Crippen LogP contribution is -2.45. The summed E-state index contributed by atoms with van der Waals surface area (Å²) in [6.45, 7) is 4.56. The third-order valence-corrected chi connectivity index (χ3v) is 2.97. The Labute approximate surface area is 89.5 Å². The van der Waals surface area contributed by atoms with E-state index in [1.807, 2.05) is 6.07 Å². The van der Waals surface area contributed by atoms with Crippen LogP contribution in [0.1, 0.15) is 6.92 Å². The zero-order chi connectivity index (χ0) is 10.3. The molecule has 1 aromatic heterocycles. The van der Waals surface area contributed by atoms with Gasteiger partial charge >= 0.3 is 0 Å². The second kappa shape index (κ2) is 3.23. The summed E-state index contributed by atoms with van der Waals surface area (Å²) >= 11 is 0. The summed E-state index contributed by atoms with van der Waals surface area (Å²) in [7, 11) is 0. The fourth-order valence-electron chi connectivity index (χ4n) is 2.12. The number of nitrogens with zero attached hydrogens (tertiary/aromatic N) is 2. The first-order valence-corrected chi connectivity index (χ1v) is 5.44. The Morgan fingerprint density at radius 3 is 2.73 bits per heavy atom. The molecule has 1 aliphatic heterocycles. The van der Waals surface area contributed by atoms with Gasteiger partial charge in [-0.05, 0) is 24.1 Å². The van der Waals surface area contributed by atoms with Gasteiger partial charge in [-0.25, -0.2) is 4.98 Å². The fourth-order valence-corrected chi connectivity index (χ4v) is 2.12. The van der Waals surface area contributed by atoms with Crippen LogP contribution >= 0.6 is 0 Å². The highest BCUT2D eigenvalue weighted by Crippen LogP contribution is 2.24. The molecule has 1 saturated heterocycles. The molecule has 1 fully saturated rings. The molecule has 1 aliphatic rings. The molecule has 0 unspecified atom stereocenters. The minimum atomic E-state index is 0.818. The van der Waals surface area contributed by atoms with Gasteiger partial charge in [0.2, 0.25) is 0 Å². The summed E-state index contributed by atoms with van der Waals surface area (Å²) in [4.78, 5) is 6.99. The second-order valence-electron chi connectivity index (χ2n) is 4.37. The normalized spacial score (nSPS) is 16.7. The molecule has 2 heteroatoms. The molecule has 2 heterocycles. The average molecular weight is 198 g/mol. The summed E-state index contributed by atoms with van der Waals surface area (Å²) in [6, 6.07) is 12.5. The number of hydrogen-bond acceptors (Lipinski definition) is 2. The maximum absolute atomic E-state index is 4.66. The Morgan fingerprint density at radius 2 is 1.93 bits per heavy atom. The Morgan fingerprint density at radius 1 is 1.13 bits per heavy atom. The summed E-state index contributed by atoms with van der Waals surface area (Å²) in [5.74, 6) is 1.94. The predicted octanol–water partition coefficient (Wildman–Crippen LogP) is 2.69. The average Bonchev–Trinajstić information content (AvgIpc) is 2.24. The maximum atomic E-state index is 4.66. The number of hydrogen-bond donors (Lipinski definition) is 0. The van der Waals surface area contributed by atoms with Gasteiger partial charge in [-0.15, -0.1) is 0 Å². The van der Waals surface area contributed by atoms with Crippen LogP contribution in [0.15, 0.2) is 36.4 Å². The van der Waals surface area contributed by atoms with Gasteiger partial charge in [-0.1, -0.05) is 25.1 Å². The number of anilines is 1. The van der Waals surface area contributed by atoms with Crippen molar-refractivity contribution in [2.45, 2.75) is 6.92 Å². The Hall–Kier alpha value is -1.57. The summed E-state index contributed by atoms with van der Waals surface area (Å²) in [5.41, 5.74) is 1.09. The van der Waals surface area contributed by atoms with Crippen molar-refractivity contribution in [3.8, 4) is 0 Å². The van der Waals surface area contributed by atoms with Crippen LogP contribution in [-0.4, -0.2) is 18.1 Å². The highest BCUT2D eigenvalue weighted by molar-refractivity contribution is 5.80. The van der Waals surface area contributed by atoms with Crippen LogP contribution in [0.4, 0.5) is 5.82 Å². The Balaban J connectivity index is 1.99. The zero-order valence-corrected chi connectivity index (χ0v) is 8.85. The van der Waals surface area contributed by atoms with E-state index in [9.17, 15) is 0 Å².